The zero-order valence-corrected chi connectivity index (χ0v) is 9.62. The van der Waals surface area contributed by atoms with Gasteiger partial charge in [0.2, 0.25) is 0 Å². The van der Waals surface area contributed by atoms with Crippen LogP contribution in [0.25, 0.3) is 0 Å². The molecule has 0 amide bonds. The number of ether oxygens (including phenoxy) is 1. The van der Waals surface area contributed by atoms with Gasteiger partial charge in [-0.25, -0.2) is 0 Å². The Morgan fingerprint density at radius 1 is 1.47 bits per heavy atom. The minimum absolute atomic E-state index is 0.405. The van der Waals surface area contributed by atoms with Gasteiger partial charge in [0.25, 0.3) is 5.89 Å². The summed E-state index contributed by atoms with van der Waals surface area (Å²) < 4.78 is 10.3. The lowest BCUT2D eigenvalue weighted by molar-refractivity contribution is 0.0954. The predicted molar refractivity (Wildman–Crippen MR) is 56.4 cm³/mol. The lowest BCUT2D eigenvalue weighted by Gasteiger charge is -2.07. The SMILES string of the molecule is Cc1noc(COCCCNC(C)C)n1. The molecule has 0 bridgehead atoms. The second-order valence-corrected chi connectivity index (χ2v) is 3.75. The van der Waals surface area contributed by atoms with Gasteiger partial charge in [0.05, 0.1) is 0 Å². The summed E-state index contributed by atoms with van der Waals surface area (Å²) in [5.41, 5.74) is 0. The molecule has 5 heteroatoms. The van der Waals surface area contributed by atoms with Gasteiger partial charge in [-0.3, -0.25) is 0 Å². The molecule has 0 saturated carbocycles. The van der Waals surface area contributed by atoms with Crippen LogP contribution in [-0.4, -0.2) is 29.3 Å². The second-order valence-electron chi connectivity index (χ2n) is 3.75. The predicted octanol–water partition coefficient (Wildman–Crippen LogP) is 1.28. The van der Waals surface area contributed by atoms with Crippen molar-refractivity contribution >= 4 is 0 Å². The van der Waals surface area contributed by atoms with Gasteiger partial charge >= 0.3 is 0 Å². The maximum absolute atomic E-state index is 5.38. The third-order valence-electron chi connectivity index (χ3n) is 1.81. The molecule has 0 aromatic carbocycles. The first-order valence-corrected chi connectivity index (χ1v) is 5.29. The number of hydrogen-bond donors (Lipinski definition) is 1. The Morgan fingerprint density at radius 3 is 2.87 bits per heavy atom. The average molecular weight is 213 g/mol. The lowest BCUT2D eigenvalue weighted by atomic mass is 10.3. The largest absolute Gasteiger partial charge is 0.372 e. The quantitative estimate of drug-likeness (QED) is 0.691. The van der Waals surface area contributed by atoms with E-state index in [2.05, 4.69) is 29.3 Å². The van der Waals surface area contributed by atoms with Gasteiger partial charge in [0.15, 0.2) is 5.82 Å². The fraction of sp³-hybridized carbons (Fsp3) is 0.800. The van der Waals surface area contributed by atoms with Gasteiger partial charge in [-0.2, -0.15) is 4.98 Å². The van der Waals surface area contributed by atoms with Crippen LogP contribution in [0.4, 0.5) is 0 Å². The summed E-state index contributed by atoms with van der Waals surface area (Å²) in [4.78, 5) is 4.04. The Hall–Kier alpha value is -0.940. The van der Waals surface area contributed by atoms with E-state index >= 15 is 0 Å². The summed E-state index contributed by atoms with van der Waals surface area (Å²) in [7, 11) is 0. The number of nitrogens with zero attached hydrogens (tertiary/aromatic N) is 2. The molecule has 1 aromatic heterocycles. The van der Waals surface area contributed by atoms with Gasteiger partial charge in [-0.1, -0.05) is 19.0 Å². The fourth-order valence-corrected chi connectivity index (χ4v) is 1.12. The van der Waals surface area contributed by atoms with Gasteiger partial charge in [0.1, 0.15) is 6.61 Å². The Bertz CT molecular complexity index is 273. The molecule has 0 unspecified atom stereocenters. The Balaban J connectivity index is 1.98. The van der Waals surface area contributed by atoms with Gasteiger partial charge in [-0.05, 0) is 19.9 Å². The monoisotopic (exact) mass is 213 g/mol. The highest BCUT2D eigenvalue weighted by atomic mass is 16.5. The molecule has 1 N–H and O–H groups in total. The number of rotatable bonds is 7. The van der Waals surface area contributed by atoms with E-state index in [4.69, 9.17) is 9.26 Å². The highest BCUT2D eigenvalue weighted by molar-refractivity contribution is 4.79. The molecule has 0 aliphatic heterocycles. The molecule has 0 spiro atoms. The van der Waals surface area contributed by atoms with E-state index in [0.29, 0.717) is 31.0 Å². The van der Waals surface area contributed by atoms with Crippen LogP contribution in [0, 0.1) is 6.92 Å². The zero-order chi connectivity index (χ0) is 11.1. The van der Waals surface area contributed by atoms with Crippen molar-refractivity contribution in [1.82, 2.24) is 15.5 Å². The Kier molecular flexibility index (Phi) is 5.28. The molecule has 15 heavy (non-hydrogen) atoms. The molecular weight excluding hydrogens is 194 g/mol. The van der Waals surface area contributed by atoms with Crippen molar-refractivity contribution in [3.63, 3.8) is 0 Å². The third-order valence-corrected chi connectivity index (χ3v) is 1.81. The first-order chi connectivity index (χ1) is 7.18. The molecule has 86 valence electrons. The fourth-order valence-electron chi connectivity index (χ4n) is 1.12. The first-order valence-electron chi connectivity index (χ1n) is 5.29. The molecule has 0 saturated heterocycles. The van der Waals surface area contributed by atoms with Crippen LogP contribution >= 0.6 is 0 Å². The molecule has 1 aromatic rings. The van der Waals surface area contributed by atoms with Crippen molar-refractivity contribution < 1.29 is 9.26 Å². The number of nitrogens with one attached hydrogen (secondary N) is 1. The van der Waals surface area contributed by atoms with E-state index in [1.165, 1.54) is 0 Å². The van der Waals surface area contributed by atoms with Crippen molar-refractivity contribution in [2.24, 2.45) is 0 Å². The summed E-state index contributed by atoms with van der Waals surface area (Å²) in [6.07, 6.45) is 0.991. The third kappa shape index (κ3) is 5.49. The normalized spacial score (nSPS) is 11.2. The lowest BCUT2D eigenvalue weighted by Crippen LogP contribution is -2.24. The molecule has 0 atom stereocenters. The van der Waals surface area contributed by atoms with Crippen molar-refractivity contribution in [3.05, 3.63) is 11.7 Å². The summed E-state index contributed by atoms with van der Waals surface area (Å²) >= 11 is 0. The molecular formula is C10H19N3O2. The van der Waals surface area contributed by atoms with Crippen LogP contribution in [0.2, 0.25) is 0 Å². The zero-order valence-electron chi connectivity index (χ0n) is 9.62. The average Bonchev–Trinajstić information content (AvgIpc) is 2.57. The Morgan fingerprint density at radius 2 is 2.27 bits per heavy atom. The maximum Gasteiger partial charge on any atom is 0.252 e. The second kappa shape index (κ2) is 6.53. The van der Waals surface area contributed by atoms with Crippen molar-refractivity contribution in [3.8, 4) is 0 Å². The van der Waals surface area contributed by atoms with Crippen molar-refractivity contribution in [1.29, 1.82) is 0 Å². The smallest absolute Gasteiger partial charge is 0.252 e. The minimum Gasteiger partial charge on any atom is -0.372 e. The summed E-state index contributed by atoms with van der Waals surface area (Å²) in [6.45, 7) is 8.13. The van der Waals surface area contributed by atoms with Gasteiger partial charge < -0.3 is 14.6 Å². The summed E-state index contributed by atoms with van der Waals surface area (Å²) in [5.74, 6) is 1.19. The van der Waals surface area contributed by atoms with Crippen LogP contribution in [0.1, 0.15) is 32.0 Å². The van der Waals surface area contributed by atoms with E-state index in [0.717, 1.165) is 13.0 Å². The van der Waals surface area contributed by atoms with Gasteiger partial charge in [-0.15, -0.1) is 0 Å². The molecule has 0 aliphatic carbocycles. The molecule has 0 radical (unpaired) electrons. The molecule has 0 fully saturated rings. The van der Waals surface area contributed by atoms with Crippen LogP contribution < -0.4 is 5.32 Å². The van der Waals surface area contributed by atoms with E-state index in [-0.39, 0.29) is 0 Å². The minimum atomic E-state index is 0.405. The molecule has 0 aliphatic rings. The number of aryl methyl sites for hydroxylation is 1. The number of aromatic nitrogens is 2. The van der Waals surface area contributed by atoms with E-state index in [9.17, 15) is 0 Å². The summed E-state index contributed by atoms with van der Waals surface area (Å²) in [6, 6.07) is 0.531. The van der Waals surface area contributed by atoms with Crippen molar-refractivity contribution in [2.75, 3.05) is 13.2 Å². The highest BCUT2D eigenvalue weighted by Crippen LogP contribution is 1.98. The van der Waals surface area contributed by atoms with E-state index < -0.39 is 0 Å². The van der Waals surface area contributed by atoms with Crippen LogP contribution in [0.5, 0.6) is 0 Å². The molecule has 1 heterocycles. The molecule has 1 rings (SSSR count). The van der Waals surface area contributed by atoms with Crippen LogP contribution in [0.15, 0.2) is 4.52 Å². The van der Waals surface area contributed by atoms with E-state index in [1.54, 1.807) is 6.92 Å². The first kappa shape index (κ1) is 12.1. The summed E-state index contributed by atoms with van der Waals surface area (Å²) in [5, 5.41) is 6.99. The van der Waals surface area contributed by atoms with Crippen molar-refractivity contribution in [2.45, 2.75) is 39.8 Å². The highest BCUT2D eigenvalue weighted by Gasteiger charge is 2.01. The van der Waals surface area contributed by atoms with Gasteiger partial charge in [0, 0.05) is 12.6 Å². The molecule has 5 nitrogen and oxygen atoms in total. The van der Waals surface area contributed by atoms with Crippen LogP contribution in [-0.2, 0) is 11.3 Å². The Labute approximate surface area is 90.2 Å². The van der Waals surface area contributed by atoms with E-state index in [1.807, 2.05) is 0 Å². The van der Waals surface area contributed by atoms with Crippen LogP contribution in [0.3, 0.4) is 0 Å². The maximum atomic E-state index is 5.38. The standard InChI is InChI=1S/C10H19N3O2/c1-8(2)11-5-4-6-14-7-10-12-9(3)13-15-10/h8,11H,4-7H2,1-3H3. The number of hydrogen-bond acceptors (Lipinski definition) is 5. The topological polar surface area (TPSA) is 60.2 Å².